The van der Waals surface area contributed by atoms with Crippen molar-refractivity contribution in [3.05, 3.63) is 36.4 Å². The topological polar surface area (TPSA) is 22.6 Å². The molecule has 0 radical (unpaired) electrons. The molecular formula is C23H32N4S. The van der Waals surface area contributed by atoms with Gasteiger partial charge in [-0.05, 0) is 56.4 Å². The number of hydrogen-bond donors (Lipinski definition) is 0. The second kappa shape index (κ2) is 8.58. The molecule has 3 aromatic rings. The molecule has 5 heteroatoms. The molecule has 0 aliphatic heterocycles. The first kappa shape index (κ1) is 20.7. The molecule has 1 atom stereocenters. The predicted molar refractivity (Wildman–Crippen MR) is 126 cm³/mol. The van der Waals surface area contributed by atoms with Crippen LogP contribution in [0.15, 0.2) is 41.3 Å². The molecule has 150 valence electrons. The Hall–Kier alpha value is -1.98. The van der Waals surface area contributed by atoms with Gasteiger partial charge in [-0.1, -0.05) is 6.92 Å². The Morgan fingerprint density at radius 2 is 1.32 bits per heavy atom. The monoisotopic (exact) mass is 396 g/mol. The largest absolute Gasteiger partial charge is 0.378 e. The predicted octanol–water partition coefficient (Wildman–Crippen LogP) is 4.81. The molecule has 3 rings (SSSR count). The summed E-state index contributed by atoms with van der Waals surface area (Å²) in [6, 6.07) is 13.2. The highest BCUT2D eigenvalue weighted by molar-refractivity contribution is 7.99. The molecule has 0 spiro atoms. The van der Waals surface area contributed by atoms with Crippen molar-refractivity contribution < 1.29 is 0 Å². The van der Waals surface area contributed by atoms with Crippen LogP contribution in [0.5, 0.6) is 0 Å². The summed E-state index contributed by atoms with van der Waals surface area (Å²) in [5.41, 5.74) is 4.50. The van der Waals surface area contributed by atoms with E-state index >= 15 is 0 Å². The van der Waals surface area contributed by atoms with Crippen molar-refractivity contribution in [3.63, 3.8) is 0 Å². The Balaban J connectivity index is 2.12. The van der Waals surface area contributed by atoms with Gasteiger partial charge >= 0.3 is 0 Å². The first-order valence-electron chi connectivity index (χ1n) is 9.76. The molecule has 0 unspecified atom stereocenters. The number of nitrogens with zero attached hydrogens (tertiary/aromatic N) is 4. The molecule has 0 saturated carbocycles. The smallest absolute Gasteiger partial charge is 0.0741 e. The summed E-state index contributed by atoms with van der Waals surface area (Å²) in [7, 11) is 12.6. The Kier molecular flexibility index (Phi) is 6.36. The Morgan fingerprint density at radius 3 is 1.75 bits per heavy atom. The molecule has 0 bridgehead atoms. The van der Waals surface area contributed by atoms with Crippen LogP contribution in [-0.4, -0.2) is 64.5 Å². The highest BCUT2D eigenvalue weighted by Crippen LogP contribution is 2.37. The van der Waals surface area contributed by atoms with Crippen molar-refractivity contribution in [2.45, 2.75) is 11.8 Å². The lowest BCUT2D eigenvalue weighted by molar-refractivity contribution is 0.357. The average Bonchev–Trinajstić information content (AvgIpc) is 2.63. The van der Waals surface area contributed by atoms with Crippen LogP contribution >= 0.6 is 11.8 Å². The number of aromatic nitrogens is 1. The summed E-state index contributed by atoms with van der Waals surface area (Å²) < 4.78 is 0. The molecule has 2 aromatic carbocycles. The number of pyridine rings is 1. The third-order valence-corrected chi connectivity index (χ3v) is 6.38. The first-order valence-corrected chi connectivity index (χ1v) is 10.7. The normalized spacial score (nSPS) is 12.7. The number of rotatable bonds is 7. The maximum atomic E-state index is 5.03. The molecule has 28 heavy (non-hydrogen) atoms. The van der Waals surface area contributed by atoms with Gasteiger partial charge in [-0.2, -0.15) is 0 Å². The summed E-state index contributed by atoms with van der Waals surface area (Å²) in [6.07, 6.45) is 0. The van der Waals surface area contributed by atoms with E-state index in [9.17, 15) is 0 Å². The summed E-state index contributed by atoms with van der Waals surface area (Å²) in [4.78, 5) is 12.9. The standard InChI is InChI=1S/C23H32N4S/c1-16(14-25(2)3)15-28-23-19-10-8-17(26(4)5)12-21(19)24-22-13-18(27(6)7)9-11-20(22)23/h8-13,16H,14-15H2,1-7H3/t16-/m0/s1. The number of benzene rings is 2. The van der Waals surface area contributed by atoms with E-state index in [1.165, 1.54) is 27.0 Å². The minimum Gasteiger partial charge on any atom is -0.378 e. The van der Waals surface area contributed by atoms with E-state index in [2.05, 4.69) is 100 Å². The van der Waals surface area contributed by atoms with E-state index in [1.54, 1.807) is 0 Å². The Bertz CT molecular complexity index is 900. The van der Waals surface area contributed by atoms with Crippen molar-refractivity contribution in [1.82, 2.24) is 9.88 Å². The van der Waals surface area contributed by atoms with Gasteiger partial charge < -0.3 is 14.7 Å². The fraction of sp³-hybridized carbons (Fsp3) is 0.435. The van der Waals surface area contributed by atoms with E-state index < -0.39 is 0 Å². The lowest BCUT2D eigenvalue weighted by Crippen LogP contribution is -2.21. The maximum Gasteiger partial charge on any atom is 0.0741 e. The van der Waals surface area contributed by atoms with E-state index in [0.717, 1.165) is 23.3 Å². The molecule has 0 fully saturated rings. The molecule has 4 nitrogen and oxygen atoms in total. The van der Waals surface area contributed by atoms with Crippen LogP contribution in [0.2, 0.25) is 0 Å². The van der Waals surface area contributed by atoms with Gasteiger partial charge in [0, 0.05) is 67.5 Å². The average molecular weight is 397 g/mol. The van der Waals surface area contributed by atoms with E-state index in [1.807, 2.05) is 11.8 Å². The van der Waals surface area contributed by atoms with Crippen molar-refractivity contribution >= 4 is 44.9 Å². The molecule has 0 aliphatic rings. The third kappa shape index (κ3) is 4.53. The zero-order valence-electron chi connectivity index (χ0n) is 18.2. The third-order valence-electron chi connectivity index (χ3n) is 4.91. The first-order chi connectivity index (χ1) is 13.3. The number of thioether (sulfide) groups is 1. The lowest BCUT2D eigenvalue weighted by atomic mass is 10.1. The van der Waals surface area contributed by atoms with Gasteiger partial charge in [0.2, 0.25) is 0 Å². The van der Waals surface area contributed by atoms with Gasteiger partial charge in [-0.25, -0.2) is 4.98 Å². The second-order valence-electron chi connectivity index (χ2n) is 8.31. The van der Waals surface area contributed by atoms with Gasteiger partial charge in [0.15, 0.2) is 0 Å². The van der Waals surface area contributed by atoms with E-state index in [-0.39, 0.29) is 0 Å². The fourth-order valence-corrected chi connectivity index (χ4v) is 4.71. The zero-order chi connectivity index (χ0) is 20.4. The highest BCUT2D eigenvalue weighted by Gasteiger charge is 2.14. The van der Waals surface area contributed by atoms with Crippen molar-refractivity contribution in [2.24, 2.45) is 5.92 Å². The van der Waals surface area contributed by atoms with E-state index in [4.69, 9.17) is 4.98 Å². The maximum absolute atomic E-state index is 5.03. The zero-order valence-corrected chi connectivity index (χ0v) is 19.0. The van der Waals surface area contributed by atoms with Gasteiger partial charge in [-0.15, -0.1) is 11.8 Å². The van der Waals surface area contributed by atoms with Crippen LogP contribution in [0, 0.1) is 5.92 Å². The van der Waals surface area contributed by atoms with Crippen LogP contribution in [0.25, 0.3) is 21.8 Å². The fourth-order valence-electron chi connectivity index (χ4n) is 3.50. The lowest BCUT2D eigenvalue weighted by Gasteiger charge is -2.19. The minimum absolute atomic E-state index is 0.625. The van der Waals surface area contributed by atoms with Crippen LogP contribution in [-0.2, 0) is 0 Å². The van der Waals surface area contributed by atoms with Crippen LogP contribution in [0.3, 0.4) is 0 Å². The molecular weight excluding hydrogens is 364 g/mol. The molecule has 1 aromatic heterocycles. The van der Waals surface area contributed by atoms with Gasteiger partial charge in [-0.3, -0.25) is 0 Å². The second-order valence-corrected chi connectivity index (χ2v) is 9.34. The van der Waals surface area contributed by atoms with Gasteiger partial charge in [0.25, 0.3) is 0 Å². The minimum atomic E-state index is 0.625. The van der Waals surface area contributed by atoms with Gasteiger partial charge in [0.1, 0.15) is 0 Å². The quantitative estimate of drug-likeness (QED) is 0.421. The number of fused-ring (bicyclic) bond motifs is 2. The molecule has 0 saturated heterocycles. The SMILES string of the molecule is C[C@H](CSc1c2ccc(N(C)C)cc2nc2cc(N(C)C)ccc12)CN(C)C. The van der Waals surface area contributed by atoms with Crippen LogP contribution in [0.1, 0.15) is 6.92 Å². The van der Waals surface area contributed by atoms with Crippen molar-refractivity contribution in [1.29, 1.82) is 0 Å². The van der Waals surface area contributed by atoms with Crippen molar-refractivity contribution in [3.8, 4) is 0 Å². The van der Waals surface area contributed by atoms with Crippen molar-refractivity contribution in [2.75, 3.05) is 64.4 Å². The summed E-state index contributed by atoms with van der Waals surface area (Å²) in [6.45, 7) is 3.43. The summed E-state index contributed by atoms with van der Waals surface area (Å²) in [5.74, 6) is 1.72. The Labute approximate surface area is 173 Å². The number of hydrogen-bond acceptors (Lipinski definition) is 5. The van der Waals surface area contributed by atoms with Gasteiger partial charge in [0.05, 0.1) is 11.0 Å². The summed E-state index contributed by atoms with van der Waals surface area (Å²) in [5, 5.41) is 2.50. The molecule has 0 N–H and O–H groups in total. The van der Waals surface area contributed by atoms with Crippen LogP contribution in [0.4, 0.5) is 11.4 Å². The Morgan fingerprint density at radius 1 is 0.821 bits per heavy atom. The summed E-state index contributed by atoms with van der Waals surface area (Å²) >= 11 is 1.96. The molecule has 0 amide bonds. The van der Waals surface area contributed by atoms with Crippen LogP contribution < -0.4 is 9.80 Å². The molecule has 1 heterocycles. The van der Waals surface area contributed by atoms with E-state index in [0.29, 0.717) is 5.92 Å². The molecule has 0 aliphatic carbocycles. The highest BCUT2D eigenvalue weighted by atomic mass is 32.2. The number of anilines is 2.